The molecule has 0 aliphatic rings. The summed E-state index contributed by atoms with van der Waals surface area (Å²) in [6, 6.07) is 11.9. The van der Waals surface area contributed by atoms with Crippen molar-refractivity contribution in [3.8, 4) is 11.5 Å². The largest absolute Gasteiger partial charge is 0.496 e. The molecule has 26 heavy (non-hydrogen) atoms. The van der Waals surface area contributed by atoms with E-state index in [9.17, 15) is 14.9 Å². The molecule has 0 heterocycles. The lowest BCUT2D eigenvalue weighted by atomic mass is 10.1. The summed E-state index contributed by atoms with van der Waals surface area (Å²) in [6.07, 6.45) is 1.27. The Morgan fingerprint density at radius 2 is 1.88 bits per heavy atom. The Hall–Kier alpha value is -3.62. The smallest absolute Gasteiger partial charge is 0.311 e. The lowest BCUT2D eigenvalue weighted by Crippen LogP contribution is -2.25. The molecule has 136 valence electrons. The van der Waals surface area contributed by atoms with Crippen molar-refractivity contribution in [2.45, 2.75) is 0 Å². The van der Waals surface area contributed by atoms with Crippen LogP contribution in [0.5, 0.6) is 11.5 Å². The molecule has 0 atom stereocenters. The van der Waals surface area contributed by atoms with Gasteiger partial charge >= 0.3 is 5.69 Å². The van der Waals surface area contributed by atoms with Crippen LogP contribution >= 0.6 is 0 Å². The number of hydrogen-bond donors (Lipinski definition) is 2. The van der Waals surface area contributed by atoms with Crippen LogP contribution in [0.25, 0.3) is 0 Å². The monoisotopic (exact) mass is 358 g/mol. The van der Waals surface area contributed by atoms with Gasteiger partial charge in [-0.1, -0.05) is 18.2 Å². The number of hydrazone groups is 1. The standard InChI is InChI=1S/C17H18N4O5/c1-25-15-9-16(26-2)14(21(23)24)8-12(15)10-19-20-17(22)11-18-13-6-4-3-5-7-13/h3-10,18H,11H2,1-2H3,(H,20,22)/b19-10-. The molecule has 0 fully saturated rings. The van der Waals surface area contributed by atoms with Gasteiger partial charge < -0.3 is 14.8 Å². The van der Waals surface area contributed by atoms with Crippen LogP contribution in [0, 0.1) is 10.1 Å². The molecule has 0 saturated heterocycles. The van der Waals surface area contributed by atoms with Gasteiger partial charge in [0.25, 0.3) is 5.91 Å². The van der Waals surface area contributed by atoms with E-state index in [0.29, 0.717) is 11.3 Å². The summed E-state index contributed by atoms with van der Waals surface area (Å²) in [5, 5.41) is 17.8. The Kier molecular flexibility index (Phi) is 6.49. The molecule has 9 nitrogen and oxygen atoms in total. The number of nitrogens with one attached hydrogen (secondary N) is 2. The van der Waals surface area contributed by atoms with Crippen molar-refractivity contribution in [1.82, 2.24) is 5.43 Å². The Balaban J connectivity index is 2.03. The molecule has 2 aromatic rings. The molecule has 0 radical (unpaired) electrons. The van der Waals surface area contributed by atoms with Crippen LogP contribution in [0.2, 0.25) is 0 Å². The molecule has 2 rings (SSSR count). The quantitative estimate of drug-likeness (QED) is 0.424. The van der Waals surface area contributed by atoms with Gasteiger partial charge in [-0.25, -0.2) is 5.43 Å². The second-order valence-electron chi connectivity index (χ2n) is 5.04. The Bertz CT molecular complexity index is 808. The maximum Gasteiger partial charge on any atom is 0.311 e. The van der Waals surface area contributed by atoms with Crippen molar-refractivity contribution in [1.29, 1.82) is 0 Å². The second kappa shape index (κ2) is 9.02. The maximum atomic E-state index is 11.8. The van der Waals surface area contributed by atoms with E-state index < -0.39 is 4.92 Å². The van der Waals surface area contributed by atoms with Crippen molar-refractivity contribution < 1.29 is 19.2 Å². The van der Waals surface area contributed by atoms with Crippen molar-refractivity contribution in [2.24, 2.45) is 5.10 Å². The lowest BCUT2D eigenvalue weighted by Gasteiger charge is -2.08. The van der Waals surface area contributed by atoms with Gasteiger partial charge in [0, 0.05) is 23.4 Å². The topological polar surface area (TPSA) is 115 Å². The van der Waals surface area contributed by atoms with Gasteiger partial charge in [-0.15, -0.1) is 0 Å². The number of methoxy groups -OCH3 is 2. The number of nitro benzene ring substituents is 1. The average Bonchev–Trinajstić information content (AvgIpc) is 2.66. The zero-order valence-corrected chi connectivity index (χ0v) is 14.3. The molecule has 2 aromatic carbocycles. The minimum absolute atomic E-state index is 0.0290. The van der Waals surface area contributed by atoms with E-state index in [-0.39, 0.29) is 23.9 Å². The first-order valence-electron chi connectivity index (χ1n) is 7.56. The molecule has 0 spiro atoms. The molecule has 0 aliphatic heterocycles. The molecule has 0 aliphatic carbocycles. The van der Waals surface area contributed by atoms with Gasteiger partial charge in [0.15, 0.2) is 0 Å². The zero-order valence-electron chi connectivity index (χ0n) is 14.3. The first kappa shape index (κ1) is 18.7. The average molecular weight is 358 g/mol. The number of hydrogen-bond acceptors (Lipinski definition) is 7. The number of rotatable bonds is 8. The number of anilines is 1. The van der Waals surface area contributed by atoms with E-state index in [1.165, 1.54) is 32.6 Å². The van der Waals surface area contributed by atoms with Crippen LogP contribution in [-0.4, -0.2) is 37.8 Å². The highest BCUT2D eigenvalue weighted by atomic mass is 16.6. The van der Waals surface area contributed by atoms with Gasteiger partial charge in [-0.2, -0.15) is 5.10 Å². The van der Waals surface area contributed by atoms with Gasteiger partial charge in [0.05, 0.1) is 31.9 Å². The Labute approximate surface area is 149 Å². The summed E-state index contributed by atoms with van der Waals surface area (Å²) in [4.78, 5) is 22.3. The predicted octanol–water partition coefficient (Wildman–Crippen LogP) is 2.17. The SMILES string of the molecule is COc1cc(OC)c([N+](=O)[O-])cc1/C=N\NC(=O)CNc1ccccc1. The Morgan fingerprint density at radius 3 is 2.50 bits per heavy atom. The normalized spacial score (nSPS) is 10.4. The number of para-hydroxylation sites is 1. The Morgan fingerprint density at radius 1 is 1.19 bits per heavy atom. The first-order valence-corrected chi connectivity index (χ1v) is 7.56. The van der Waals surface area contributed by atoms with E-state index in [0.717, 1.165) is 5.69 Å². The van der Waals surface area contributed by atoms with Crippen LogP contribution in [0.1, 0.15) is 5.56 Å². The molecule has 9 heteroatoms. The number of amides is 1. The highest BCUT2D eigenvalue weighted by molar-refractivity contribution is 5.87. The number of benzene rings is 2. The molecule has 0 bridgehead atoms. The van der Waals surface area contributed by atoms with Crippen molar-refractivity contribution >= 4 is 23.5 Å². The van der Waals surface area contributed by atoms with Crippen LogP contribution < -0.4 is 20.2 Å². The molecule has 0 saturated carbocycles. The third-order valence-electron chi connectivity index (χ3n) is 3.35. The first-order chi connectivity index (χ1) is 12.5. The fourth-order valence-corrected chi connectivity index (χ4v) is 2.10. The molecule has 1 amide bonds. The van der Waals surface area contributed by atoms with Crippen LogP contribution in [0.4, 0.5) is 11.4 Å². The molecule has 2 N–H and O–H groups in total. The maximum absolute atomic E-state index is 11.8. The minimum atomic E-state index is -0.571. The van der Waals surface area contributed by atoms with Crippen LogP contribution in [0.3, 0.4) is 0 Å². The molecule has 0 aromatic heterocycles. The van der Waals surface area contributed by atoms with Crippen molar-refractivity contribution in [2.75, 3.05) is 26.1 Å². The number of carbonyl (C=O) groups is 1. The van der Waals surface area contributed by atoms with Gasteiger partial charge in [-0.05, 0) is 12.1 Å². The predicted molar refractivity (Wildman–Crippen MR) is 96.9 cm³/mol. The number of nitrogens with zero attached hydrogens (tertiary/aromatic N) is 2. The molecular weight excluding hydrogens is 340 g/mol. The van der Waals surface area contributed by atoms with Crippen LogP contribution in [0.15, 0.2) is 47.6 Å². The summed E-state index contributed by atoms with van der Waals surface area (Å²) in [6.45, 7) is 0.0290. The number of nitro groups is 1. The highest BCUT2D eigenvalue weighted by Crippen LogP contribution is 2.33. The zero-order chi connectivity index (χ0) is 18.9. The summed E-state index contributed by atoms with van der Waals surface area (Å²) < 4.78 is 10.1. The van der Waals surface area contributed by atoms with Crippen molar-refractivity contribution in [3.05, 3.63) is 58.1 Å². The van der Waals surface area contributed by atoms with Gasteiger partial charge in [0.1, 0.15) is 5.75 Å². The number of carbonyl (C=O) groups excluding carboxylic acids is 1. The molecular formula is C17H18N4O5. The summed E-state index contributed by atoms with van der Waals surface area (Å²) in [7, 11) is 2.75. The van der Waals surface area contributed by atoms with Gasteiger partial charge in [-0.3, -0.25) is 14.9 Å². The summed E-state index contributed by atoms with van der Waals surface area (Å²) >= 11 is 0. The fraction of sp³-hybridized carbons (Fsp3) is 0.176. The van der Waals surface area contributed by atoms with E-state index in [2.05, 4.69) is 15.8 Å². The summed E-state index contributed by atoms with van der Waals surface area (Å²) in [5.74, 6) is 0.0278. The third-order valence-corrected chi connectivity index (χ3v) is 3.35. The fourth-order valence-electron chi connectivity index (χ4n) is 2.10. The lowest BCUT2D eigenvalue weighted by molar-refractivity contribution is -0.385. The van der Waals surface area contributed by atoms with E-state index in [4.69, 9.17) is 9.47 Å². The third kappa shape index (κ3) is 4.94. The minimum Gasteiger partial charge on any atom is -0.496 e. The highest BCUT2D eigenvalue weighted by Gasteiger charge is 2.18. The van der Waals surface area contributed by atoms with Gasteiger partial charge in [0.2, 0.25) is 5.75 Å². The van der Waals surface area contributed by atoms with E-state index >= 15 is 0 Å². The summed E-state index contributed by atoms with van der Waals surface area (Å²) in [5.41, 5.74) is 3.25. The number of ether oxygens (including phenoxy) is 2. The van der Waals surface area contributed by atoms with Crippen molar-refractivity contribution in [3.63, 3.8) is 0 Å². The van der Waals surface area contributed by atoms with Crippen LogP contribution in [-0.2, 0) is 4.79 Å². The van der Waals surface area contributed by atoms with E-state index in [1.807, 2.05) is 30.3 Å². The second-order valence-corrected chi connectivity index (χ2v) is 5.04. The molecule has 0 unspecified atom stereocenters. The van der Waals surface area contributed by atoms with E-state index in [1.54, 1.807) is 0 Å².